The summed E-state index contributed by atoms with van der Waals surface area (Å²) >= 11 is 0. The van der Waals surface area contributed by atoms with Gasteiger partial charge in [-0.05, 0) is 77.2 Å². The molecule has 0 atom stereocenters. The minimum atomic E-state index is 0.577. The molecule has 3 aromatic heterocycles. The van der Waals surface area contributed by atoms with E-state index in [2.05, 4.69) is 91.0 Å². The van der Waals surface area contributed by atoms with Crippen LogP contribution in [0.5, 0.6) is 0 Å². The first kappa shape index (κ1) is 39.9. The van der Waals surface area contributed by atoms with E-state index < -0.39 is 0 Å². The molecule has 11 aromatic rings. The average Bonchev–Trinajstić information content (AvgIpc) is 3.38. The molecule has 0 fully saturated rings. The van der Waals surface area contributed by atoms with Gasteiger partial charge < -0.3 is 0 Å². The summed E-state index contributed by atoms with van der Waals surface area (Å²) in [6.07, 6.45) is 0. The lowest BCUT2D eigenvalue weighted by Crippen LogP contribution is -2.01. The predicted octanol–water partition coefficient (Wildman–Crippen LogP) is 13.6. The van der Waals surface area contributed by atoms with Gasteiger partial charge in [0.15, 0.2) is 40.8 Å². The molecule has 0 aliphatic rings. The summed E-state index contributed by atoms with van der Waals surface area (Å²) in [6, 6.07) is 69.9. The Morgan fingerprint density at radius 3 is 1.20 bits per heavy atom. The van der Waals surface area contributed by atoms with Crippen molar-refractivity contribution in [2.24, 2.45) is 0 Å². The molecule has 0 N–H and O–H groups in total. The summed E-state index contributed by atoms with van der Waals surface area (Å²) in [7, 11) is 0. The quantitative estimate of drug-likeness (QED) is 0.141. The summed E-state index contributed by atoms with van der Waals surface area (Å²) in [5, 5.41) is 2.21. The lowest BCUT2D eigenvalue weighted by Gasteiger charge is -2.15. The van der Waals surface area contributed by atoms with Crippen LogP contribution in [0.3, 0.4) is 0 Å². The van der Waals surface area contributed by atoms with Gasteiger partial charge in [-0.1, -0.05) is 176 Å². The molecular weight excluding hydrogens is 809 g/mol. The van der Waals surface area contributed by atoms with Crippen LogP contribution in [0.2, 0.25) is 0 Å². The van der Waals surface area contributed by atoms with Crippen molar-refractivity contribution in [2.75, 3.05) is 0 Å². The molecule has 0 saturated heterocycles. The third kappa shape index (κ3) is 8.11. The minimum Gasteiger partial charge on any atom is -0.233 e. The highest BCUT2D eigenvalue weighted by Crippen LogP contribution is 2.38. The smallest absolute Gasteiger partial charge is 0.164 e. The van der Waals surface area contributed by atoms with E-state index >= 15 is 0 Å². The molecule has 312 valence electrons. The Morgan fingerprint density at radius 2 is 0.621 bits per heavy atom. The maximum absolute atomic E-state index is 5.15. The summed E-state index contributed by atoms with van der Waals surface area (Å²) in [5.41, 5.74) is 12.1. The molecule has 0 aliphatic heterocycles. The topological polar surface area (TPSA) is 103 Å². The zero-order valence-corrected chi connectivity index (χ0v) is 36.2. The van der Waals surface area contributed by atoms with E-state index in [9.17, 15) is 0 Å². The first-order valence-electron chi connectivity index (χ1n) is 21.8. The maximum Gasteiger partial charge on any atom is 0.164 e. The van der Waals surface area contributed by atoms with Gasteiger partial charge in [0.25, 0.3) is 0 Å². The zero-order valence-electron chi connectivity index (χ0n) is 36.2. The predicted molar refractivity (Wildman–Crippen MR) is 265 cm³/mol. The van der Waals surface area contributed by atoms with Crippen molar-refractivity contribution in [1.29, 1.82) is 0 Å². The molecule has 0 amide bonds. The van der Waals surface area contributed by atoms with Crippen molar-refractivity contribution in [3.05, 3.63) is 218 Å². The van der Waals surface area contributed by atoms with E-state index in [4.69, 9.17) is 39.9 Å². The Bertz CT molecular complexity index is 3480. The summed E-state index contributed by atoms with van der Waals surface area (Å²) in [4.78, 5) is 40.2. The molecule has 0 unspecified atom stereocenters. The SMILES string of the molecule is Cc1cc(C)nc(-c2ccc(-c3cccc(-c4nc(-c5ccccc5)nc(-c5cccc6ccccc56)n4)c3)cc2-c2cccc(-c3nc(-c4ccccc4)nc(-c4ccccc4)n3)c2)n1. The number of nitrogens with zero attached hydrogens (tertiary/aromatic N) is 8. The average molecular weight is 849 g/mol. The summed E-state index contributed by atoms with van der Waals surface area (Å²) in [5.74, 6) is 4.26. The van der Waals surface area contributed by atoms with Crippen LogP contribution in [0.1, 0.15) is 11.4 Å². The van der Waals surface area contributed by atoms with Crippen molar-refractivity contribution < 1.29 is 0 Å². The van der Waals surface area contributed by atoms with Crippen LogP contribution in [-0.2, 0) is 0 Å². The Morgan fingerprint density at radius 1 is 0.227 bits per heavy atom. The van der Waals surface area contributed by atoms with Crippen LogP contribution in [0, 0.1) is 13.8 Å². The van der Waals surface area contributed by atoms with E-state index in [-0.39, 0.29) is 0 Å². The number of hydrogen-bond donors (Lipinski definition) is 0. The van der Waals surface area contributed by atoms with Crippen LogP contribution in [0.25, 0.3) is 113 Å². The fraction of sp³-hybridized carbons (Fsp3) is 0.0345. The third-order valence-electron chi connectivity index (χ3n) is 11.5. The summed E-state index contributed by atoms with van der Waals surface area (Å²) in [6.45, 7) is 4.01. The third-order valence-corrected chi connectivity index (χ3v) is 11.5. The first-order valence-corrected chi connectivity index (χ1v) is 21.8. The van der Waals surface area contributed by atoms with E-state index in [1.165, 1.54) is 0 Å². The molecule has 0 bridgehead atoms. The van der Waals surface area contributed by atoms with Gasteiger partial charge in [-0.15, -0.1) is 0 Å². The monoisotopic (exact) mass is 848 g/mol. The van der Waals surface area contributed by atoms with Crippen molar-refractivity contribution in [1.82, 2.24) is 39.9 Å². The van der Waals surface area contributed by atoms with Gasteiger partial charge in [-0.25, -0.2) is 39.9 Å². The zero-order chi connectivity index (χ0) is 44.4. The van der Waals surface area contributed by atoms with E-state index in [0.29, 0.717) is 40.8 Å². The minimum absolute atomic E-state index is 0.577. The molecule has 0 saturated carbocycles. The fourth-order valence-electron chi connectivity index (χ4n) is 8.37. The highest BCUT2D eigenvalue weighted by atomic mass is 15.0. The molecule has 0 radical (unpaired) electrons. The number of aromatic nitrogens is 8. The first-order chi connectivity index (χ1) is 32.5. The lowest BCUT2D eigenvalue weighted by molar-refractivity contribution is 1.06. The van der Waals surface area contributed by atoms with Crippen LogP contribution < -0.4 is 0 Å². The molecule has 0 spiro atoms. The highest BCUT2D eigenvalue weighted by molar-refractivity contribution is 5.95. The van der Waals surface area contributed by atoms with E-state index in [0.717, 1.165) is 83.4 Å². The van der Waals surface area contributed by atoms with Crippen LogP contribution in [-0.4, -0.2) is 39.9 Å². The molecule has 8 heteroatoms. The fourth-order valence-corrected chi connectivity index (χ4v) is 8.37. The molecular formula is C58H40N8. The van der Waals surface area contributed by atoms with E-state index in [1.807, 2.05) is 129 Å². The second-order valence-corrected chi connectivity index (χ2v) is 16.1. The largest absolute Gasteiger partial charge is 0.233 e. The van der Waals surface area contributed by atoms with Crippen molar-refractivity contribution >= 4 is 10.8 Å². The van der Waals surface area contributed by atoms with Crippen molar-refractivity contribution in [2.45, 2.75) is 13.8 Å². The van der Waals surface area contributed by atoms with E-state index in [1.54, 1.807) is 0 Å². The standard InChI is InChI=1S/C58H40N8/c1-37-33-38(2)60-57(59-37)50-32-31-44(36-51(50)45-26-15-28-47(35-45)55-62-52(40-18-6-3-7-19-40)61-53(63-55)41-20-8-4-9-21-41)43-25-14-27-46(34-43)56-64-54(42-22-10-5-11-23-42)65-58(66-56)49-30-16-24-39-17-12-13-29-48(39)49/h3-36H,1-2H3. The maximum atomic E-state index is 5.15. The molecule has 66 heavy (non-hydrogen) atoms. The van der Waals surface area contributed by atoms with Gasteiger partial charge >= 0.3 is 0 Å². The van der Waals surface area contributed by atoms with Gasteiger partial charge in [0, 0.05) is 50.3 Å². The van der Waals surface area contributed by atoms with Crippen LogP contribution in [0.15, 0.2) is 206 Å². The second-order valence-electron chi connectivity index (χ2n) is 16.1. The Labute approximate surface area is 382 Å². The molecule has 8 aromatic carbocycles. The van der Waals surface area contributed by atoms with Gasteiger partial charge in [0.1, 0.15) is 0 Å². The normalized spacial score (nSPS) is 11.2. The van der Waals surface area contributed by atoms with Gasteiger partial charge in [-0.2, -0.15) is 0 Å². The second kappa shape index (κ2) is 17.4. The summed E-state index contributed by atoms with van der Waals surface area (Å²) < 4.78 is 0. The lowest BCUT2D eigenvalue weighted by atomic mass is 9.92. The van der Waals surface area contributed by atoms with Crippen LogP contribution >= 0.6 is 0 Å². The highest BCUT2D eigenvalue weighted by Gasteiger charge is 2.19. The number of rotatable bonds is 9. The number of hydrogen-bond acceptors (Lipinski definition) is 8. The van der Waals surface area contributed by atoms with Gasteiger partial charge in [0.2, 0.25) is 0 Å². The molecule has 8 nitrogen and oxygen atoms in total. The molecule has 11 rings (SSSR count). The Balaban J connectivity index is 1.05. The van der Waals surface area contributed by atoms with Gasteiger partial charge in [0.05, 0.1) is 0 Å². The Hall–Kier alpha value is -8.88. The Kier molecular flexibility index (Phi) is 10.5. The molecule has 0 aliphatic carbocycles. The van der Waals surface area contributed by atoms with Gasteiger partial charge in [-0.3, -0.25) is 0 Å². The number of aryl methyl sites for hydroxylation is 2. The van der Waals surface area contributed by atoms with Crippen molar-refractivity contribution in [3.8, 4) is 102 Å². The van der Waals surface area contributed by atoms with Crippen LogP contribution in [0.4, 0.5) is 0 Å². The molecule has 3 heterocycles. The van der Waals surface area contributed by atoms with Crippen molar-refractivity contribution in [3.63, 3.8) is 0 Å². The number of fused-ring (bicyclic) bond motifs is 1. The number of benzene rings is 8.